The fraction of sp³-hybridized carbons (Fsp3) is 0.0800. The van der Waals surface area contributed by atoms with Crippen LogP contribution in [0.2, 0.25) is 0 Å². The Kier molecular flexibility index (Phi) is 6.63. The molecule has 0 saturated heterocycles. The highest BCUT2D eigenvalue weighted by Crippen LogP contribution is 2.33. The molecule has 0 saturated carbocycles. The fourth-order valence-corrected chi connectivity index (χ4v) is 3.37. The minimum absolute atomic E-state index is 0.106. The zero-order chi connectivity index (χ0) is 25.8. The first-order valence-corrected chi connectivity index (χ1v) is 10.5. The van der Waals surface area contributed by atoms with Gasteiger partial charge in [-0.15, -0.1) is 0 Å². The summed E-state index contributed by atoms with van der Waals surface area (Å²) < 4.78 is 16.5. The van der Waals surface area contributed by atoms with E-state index in [0.717, 1.165) is 0 Å². The van der Waals surface area contributed by atoms with Crippen molar-refractivity contribution in [3.05, 3.63) is 88.6 Å². The Hall–Kier alpha value is -5.19. The number of fused-ring (bicyclic) bond motifs is 1. The first kappa shape index (κ1) is 24.0. The molecule has 0 aliphatic carbocycles. The van der Waals surface area contributed by atoms with E-state index in [1.54, 1.807) is 48.7 Å². The number of aromatic nitrogens is 1. The van der Waals surface area contributed by atoms with Gasteiger partial charge in [0.1, 0.15) is 23.0 Å². The predicted molar refractivity (Wildman–Crippen MR) is 131 cm³/mol. The second kappa shape index (κ2) is 9.97. The molecule has 0 radical (unpaired) electrons. The van der Waals surface area contributed by atoms with Crippen LogP contribution in [-0.4, -0.2) is 36.1 Å². The summed E-state index contributed by atoms with van der Waals surface area (Å²) in [5, 5.41) is 11.3. The van der Waals surface area contributed by atoms with Gasteiger partial charge in [-0.25, -0.2) is 4.79 Å². The third kappa shape index (κ3) is 4.99. The number of pyridine rings is 1. The van der Waals surface area contributed by atoms with Crippen molar-refractivity contribution in [3.63, 3.8) is 0 Å². The first-order valence-electron chi connectivity index (χ1n) is 10.5. The quantitative estimate of drug-likeness (QED) is 0.291. The van der Waals surface area contributed by atoms with Gasteiger partial charge in [-0.1, -0.05) is 0 Å². The Morgan fingerprint density at radius 3 is 2.25 bits per heavy atom. The average Bonchev–Trinajstić information content (AvgIpc) is 2.88. The van der Waals surface area contributed by atoms with E-state index in [4.69, 9.17) is 19.9 Å². The molecule has 0 aliphatic rings. The second-order valence-corrected chi connectivity index (χ2v) is 7.52. The van der Waals surface area contributed by atoms with Gasteiger partial charge in [0.2, 0.25) is 0 Å². The van der Waals surface area contributed by atoms with Crippen LogP contribution in [0.4, 0.5) is 16.2 Å². The van der Waals surface area contributed by atoms with Crippen LogP contribution in [0.15, 0.2) is 72.9 Å². The fourth-order valence-electron chi connectivity index (χ4n) is 3.37. The summed E-state index contributed by atoms with van der Waals surface area (Å²) in [6, 6.07) is 16.7. The maximum atomic E-state index is 12.5. The average molecular weight is 488 g/mol. The molecule has 0 fully saturated rings. The lowest BCUT2D eigenvalue weighted by Gasteiger charge is -2.17. The summed E-state index contributed by atoms with van der Waals surface area (Å²) in [6.45, 7) is 0. The lowest BCUT2D eigenvalue weighted by Crippen LogP contribution is -2.29. The van der Waals surface area contributed by atoms with Crippen LogP contribution in [0.1, 0.15) is 10.4 Å². The molecule has 11 nitrogen and oxygen atoms in total. The van der Waals surface area contributed by atoms with Gasteiger partial charge in [0.25, 0.3) is 11.6 Å². The number of hydrogen-bond donors (Lipinski definition) is 1. The van der Waals surface area contributed by atoms with Gasteiger partial charge in [-0.3, -0.25) is 24.8 Å². The van der Waals surface area contributed by atoms with Crippen molar-refractivity contribution in [1.82, 2.24) is 4.98 Å². The maximum absolute atomic E-state index is 12.5. The highest BCUT2D eigenvalue weighted by molar-refractivity contribution is 6.01. The van der Waals surface area contributed by atoms with Crippen LogP contribution < -0.4 is 24.8 Å². The number of rotatable bonds is 7. The molecule has 4 aromatic rings. The smallest absolute Gasteiger partial charge is 0.419 e. The number of ether oxygens (including phenoxy) is 3. The van der Waals surface area contributed by atoms with Gasteiger partial charge in [0.15, 0.2) is 0 Å². The third-order valence-corrected chi connectivity index (χ3v) is 5.27. The molecule has 1 aromatic heterocycles. The monoisotopic (exact) mass is 488 g/mol. The van der Waals surface area contributed by atoms with Crippen LogP contribution in [0, 0.1) is 10.1 Å². The molecule has 0 aliphatic heterocycles. The molecule has 0 atom stereocenters. The van der Waals surface area contributed by atoms with E-state index in [9.17, 15) is 19.7 Å². The van der Waals surface area contributed by atoms with Crippen LogP contribution in [-0.2, 0) is 0 Å². The molecule has 11 heteroatoms. The number of nitrogens with zero attached hydrogens (tertiary/aromatic N) is 3. The predicted octanol–water partition coefficient (Wildman–Crippen LogP) is 4.68. The van der Waals surface area contributed by atoms with Crippen LogP contribution in [0.3, 0.4) is 0 Å². The lowest BCUT2D eigenvalue weighted by atomic mass is 10.1. The molecule has 2 N–H and O–H groups in total. The summed E-state index contributed by atoms with van der Waals surface area (Å²) in [4.78, 5) is 40.1. The van der Waals surface area contributed by atoms with E-state index < -0.39 is 16.9 Å². The van der Waals surface area contributed by atoms with Crippen molar-refractivity contribution in [3.8, 4) is 23.0 Å². The standard InChI is InChI=1S/C25H20N4O7/c1-28(25(31)36-18-9-5-16(6-10-18)29(32)33)15-3-7-17(8-4-15)35-22-11-12-27-21-14-23(34-2)20(24(26)30)13-19(21)22/h3-14H,1-2H3,(H2,26,30). The number of carbonyl (C=O) groups excluding carboxylic acids is 2. The van der Waals surface area contributed by atoms with E-state index in [0.29, 0.717) is 33.8 Å². The Labute approximate surface area is 204 Å². The number of nitro groups is 1. The van der Waals surface area contributed by atoms with E-state index in [1.807, 2.05) is 0 Å². The van der Waals surface area contributed by atoms with Crippen molar-refractivity contribution >= 4 is 34.3 Å². The molecule has 0 unspecified atom stereocenters. The number of anilines is 1. The Bertz CT molecular complexity index is 1450. The number of benzene rings is 3. The van der Waals surface area contributed by atoms with Crippen molar-refractivity contribution < 1.29 is 28.7 Å². The topological polar surface area (TPSA) is 147 Å². The maximum Gasteiger partial charge on any atom is 0.419 e. The Morgan fingerprint density at radius 2 is 1.64 bits per heavy atom. The summed E-state index contributed by atoms with van der Waals surface area (Å²) in [5.74, 6) is 0.766. The molecular weight excluding hydrogens is 468 g/mol. The highest BCUT2D eigenvalue weighted by atomic mass is 16.6. The number of amides is 2. The van der Waals surface area contributed by atoms with E-state index in [2.05, 4.69) is 4.98 Å². The highest BCUT2D eigenvalue weighted by Gasteiger charge is 2.16. The number of carbonyl (C=O) groups is 2. The van der Waals surface area contributed by atoms with Crippen molar-refractivity contribution in [2.24, 2.45) is 5.73 Å². The van der Waals surface area contributed by atoms with Crippen molar-refractivity contribution in [2.45, 2.75) is 0 Å². The SMILES string of the molecule is COc1cc2nccc(Oc3ccc(N(C)C(=O)Oc4ccc([N+](=O)[O-])cc4)cc3)c2cc1C(N)=O. The summed E-state index contributed by atoms with van der Waals surface area (Å²) in [5.41, 5.74) is 6.64. The Morgan fingerprint density at radius 1 is 0.972 bits per heavy atom. The number of nitro benzene ring substituents is 1. The number of methoxy groups -OCH3 is 1. The number of nitrogens with two attached hydrogens (primary N) is 1. The van der Waals surface area contributed by atoms with Gasteiger partial charge in [0.05, 0.1) is 23.1 Å². The molecule has 1 heterocycles. The van der Waals surface area contributed by atoms with Crippen molar-refractivity contribution in [1.29, 1.82) is 0 Å². The van der Waals surface area contributed by atoms with Gasteiger partial charge < -0.3 is 19.9 Å². The van der Waals surface area contributed by atoms with Gasteiger partial charge >= 0.3 is 6.09 Å². The zero-order valence-electron chi connectivity index (χ0n) is 19.2. The van der Waals surface area contributed by atoms with E-state index in [-0.39, 0.29) is 17.0 Å². The van der Waals surface area contributed by atoms with Crippen molar-refractivity contribution in [2.75, 3.05) is 19.1 Å². The second-order valence-electron chi connectivity index (χ2n) is 7.52. The van der Waals surface area contributed by atoms with Crippen LogP contribution in [0.5, 0.6) is 23.0 Å². The number of non-ortho nitro benzene ring substituents is 1. The molecule has 36 heavy (non-hydrogen) atoms. The molecule has 0 spiro atoms. The molecule has 2 amide bonds. The first-order chi connectivity index (χ1) is 17.3. The zero-order valence-corrected chi connectivity index (χ0v) is 19.2. The summed E-state index contributed by atoms with van der Waals surface area (Å²) in [6.07, 6.45) is 0.891. The minimum Gasteiger partial charge on any atom is -0.496 e. The van der Waals surface area contributed by atoms with E-state index >= 15 is 0 Å². The van der Waals surface area contributed by atoms with Gasteiger partial charge in [-0.05, 0) is 48.5 Å². The molecule has 182 valence electrons. The number of hydrogen-bond acceptors (Lipinski definition) is 8. The molecule has 4 rings (SSSR count). The largest absolute Gasteiger partial charge is 0.496 e. The molecule has 0 bridgehead atoms. The number of primary amides is 1. The Balaban J connectivity index is 1.50. The lowest BCUT2D eigenvalue weighted by molar-refractivity contribution is -0.384. The van der Waals surface area contributed by atoms with Crippen LogP contribution >= 0.6 is 0 Å². The molecule has 3 aromatic carbocycles. The normalized spacial score (nSPS) is 10.5. The van der Waals surface area contributed by atoms with Gasteiger partial charge in [0, 0.05) is 42.5 Å². The summed E-state index contributed by atoms with van der Waals surface area (Å²) in [7, 11) is 2.97. The molecular formula is C25H20N4O7. The summed E-state index contributed by atoms with van der Waals surface area (Å²) >= 11 is 0. The van der Waals surface area contributed by atoms with E-state index in [1.165, 1.54) is 43.3 Å². The van der Waals surface area contributed by atoms with Gasteiger partial charge in [-0.2, -0.15) is 0 Å². The van der Waals surface area contributed by atoms with Crippen LogP contribution in [0.25, 0.3) is 10.9 Å². The third-order valence-electron chi connectivity index (χ3n) is 5.27. The minimum atomic E-state index is -0.675.